The van der Waals surface area contributed by atoms with Gasteiger partial charge in [-0.05, 0) is 13.0 Å². The number of hydrogen-bond acceptors (Lipinski definition) is 3. The summed E-state index contributed by atoms with van der Waals surface area (Å²) in [7, 11) is 0. The number of carboxylic acid groups (broad SMARTS) is 1. The van der Waals surface area contributed by atoms with Gasteiger partial charge in [0.05, 0.1) is 5.92 Å². The Morgan fingerprint density at radius 2 is 2.23 bits per heavy atom. The van der Waals surface area contributed by atoms with Crippen LogP contribution in [0.15, 0.2) is 23.8 Å². The molecule has 1 atom stereocenters. The van der Waals surface area contributed by atoms with Crippen molar-refractivity contribution >= 4 is 5.97 Å². The molecule has 0 bridgehead atoms. The highest BCUT2D eigenvalue weighted by molar-refractivity contribution is 5.73. The molecular formula is C9H12O4. The average molecular weight is 184 g/mol. The smallest absolute Gasteiger partial charge is 0.310 e. The molecule has 1 aliphatic carbocycles. The zero-order chi connectivity index (χ0) is 10.1. The van der Waals surface area contributed by atoms with Crippen LogP contribution in [0.3, 0.4) is 0 Å². The minimum atomic E-state index is -1.90. The van der Waals surface area contributed by atoms with Gasteiger partial charge in [-0.2, -0.15) is 0 Å². The predicted octanol–water partition coefficient (Wildman–Crippen LogP) is 0.274. The van der Waals surface area contributed by atoms with Gasteiger partial charge in [0.1, 0.15) is 0 Å². The zero-order valence-electron chi connectivity index (χ0n) is 7.27. The van der Waals surface area contributed by atoms with E-state index in [0.717, 1.165) is 0 Å². The fraction of sp³-hybridized carbons (Fsp3) is 0.444. The van der Waals surface area contributed by atoms with Crippen LogP contribution in [0.2, 0.25) is 0 Å². The summed E-state index contributed by atoms with van der Waals surface area (Å²) < 4.78 is 0. The molecule has 0 heterocycles. The molecule has 0 aliphatic heterocycles. The SMILES string of the molecule is CC(C(=O)O)C1=CC=CC(O)(O)C1. The van der Waals surface area contributed by atoms with Gasteiger partial charge < -0.3 is 15.3 Å². The highest BCUT2D eigenvalue weighted by Gasteiger charge is 2.28. The lowest BCUT2D eigenvalue weighted by Crippen LogP contribution is -2.30. The minimum Gasteiger partial charge on any atom is -0.481 e. The summed E-state index contributed by atoms with van der Waals surface area (Å²) in [6.45, 7) is 1.52. The van der Waals surface area contributed by atoms with Gasteiger partial charge in [-0.15, -0.1) is 0 Å². The summed E-state index contributed by atoms with van der Waals surface area (Å²) in [5, 5.41) is 27.1. The summed E-state index contributed by atoms with van der Waals surface area (Å²) in [6, 6.07) is 0. The average Bonchev–Trinajstić information content (AvgIpc) is 2.01. The van der Waals surface area contributed by atoms with Gasteiger partial charge in [0.25, 0.3) is 0 Å². The fourth-order valence-corrected chi connectivity index (χ4v) is 1.20. The van der Waals surface area contributed by atoms with Crippen molar-refractivity contribution < 1.29 is 20.1 Å². The Bertz CT molecular complexity index is 275. The summed E-state index contributed by atoms with van der Waals surface area (Å²) in [4.78, 5) is 10.6. The molecule has 1 unspecified atom stereocenters. The van der Waals surface area contributed by atoms with Gasteiger partial charge in [0.15, 0.2) is 5.79 Å². The zero-order valence-corrected chi connectivity index (χ0v) is 7.27. The third kappa shape index (κ3) is 2.40. The van der Waals surface area contributed by atoms with E-state index in [-0.39, 0.29) is 6.42 Å². The van der Waals surface area contributed by atoms with E-state index in [1.165, 1.54) is 19.1 Å². The lowest BCUT2D eigenvalue weighted by atomic mass is 9.90. The third-order valence-corrected chi connectivity index (χ3v) is 2.06. The standard InChI is InChI=1S/C9H12O4/c1-6(8(10)11)7-3-2-4-9(12,13)5-7/h2-4,6,12-13H,5H2,1H3,(H,10,11). The summed E-state index contributed by atoms with van der Waals surface area (Å²) in [5.74, 6) is -3.53. The van der Waals surface area contributed by atoms with E-state index in [1.54, 1.807) is 6.08 Å². The third-order valence-electron chi connectivity index (χ3n) is 2.06. The van der Waals surface area contributed by atoms with Crippen molar-refractivity contribution in [3.63, 3.8) is 0 Å². The number of carbonyl (C=O) groups is 1. The summed E-state index contributed by atoms with van der Waals surface area (Å²) >= 11 is 0. The monoisotopic (exact) mass is 184 g/mol. The van der Waals surface area contributed by atoms with E-state index in [9.17, 15) is 15.0 Å². The summed E-state index contributed by atoms with van der Waals surface area (Å²) in [6.07, 6.45) is 4.24. The number of hydrogen-bond donors (Lipinski definition) is 3. The topological polar surface area (TPSA) is 77.8 Å². The predicted molar refractivity (Wildman–Crippen MR) is 45.8 cm³/mol. The molecule has 4 heteroatoms. The molecule has 0 amide bonds. The van der Waals surface area contributed by atoms with Gasteiger partial charge in [0, 0.05) is 6.42 Å². The molecule has 13 heavy (non-hydrogen) atoms. The quantitative estimate of drug-likeness (QED) is 0.538. The van der Waals surface area contributed by atoms with Gasteiger partial charge in [-0.1, -0.05) is 17.7 Å². The number of aliphatic carboxylic acids is 1. The Hall–Kier alpha value is -1.13. The fourth-order valence-electron chi connectivity index (χ4n) is 1.20. The van der Waals surface area contributed by atoms with Crippen LogP contribution >= 0.6 is 0 Å². The molecule has 3 N–H and O–H groups in total. The largest absolute Gasteiger partial charge is 0.481 e. The first-order valence-electron chi connectivity index (χ1n) is 3.98. The first-order chi connectivity index (χ1) is 5.92. The minimum absolute atomic E-state index is 0.0447. The van der Waals surface area contributed by atoms with Crippen molar-refractivity contribution in [1.82, 2.24) is 0 Å². The molecule has 0 saturated carbocycles. The Morgan fingerprint density at radius 1 is 1.62 bits per heavy atom. The molecule has 0 radical (unpaired) electrons. The first kappa shape index (κ1) is 9.95. The molecule has 0 aromatic carbocycles. The molecule has 0 spiro atoms. The second-order valence-corrected chi connectivity index (χ2v) is 3.22. The van der Waals surface area contributed by atoms with E-state index in [0.29, 0.717) is 5.57 Å². The van der Waals surface area contributed by atoms with Gasteiger partial charge >= 0.3 is 5.97 Å². The second-order valence-electron chi connectivity index (χ2n) is 3.22. The van der Waals surface area contributed by atoms with E-state index in [1.807, 2.05) is 0 Å². The maximum absolute atomic E-state index is 10.6. The van der Waals surface area contributed by atoms with Crippen LogP contribution in [-0.4, -0.2) is 27.1 Å². The highest BCUT2D eigenvalue weighted by atomic mass is 16.5. The van der Waals surface area contributed by atoms with Crippen LogP contribution in [0.4, 0.5) is 0 Å². The molecule has 0 saturated heterocycles. The number of aliphatic hydroxyl groups is 2. The molecule has 0 aromatic heterocycles. The molecule has 4 nitrogen and oxygen atoms in total. The molecule has 1 rings (SSSR count). The lowest BCUT2D eigenvalue weighted by molar-refractivity contribution is -0.141. The lowest BCUT2D eigenvalue weighted by Gasteiger charge is -2.24. The van der Waals surface area contributed by atoms with Crippen LogP contribution in [0.25, 0.3) is 0 Å². The number of rotatable bonds is 2. The van der Waals surface area contributed by atoms with Crippen molar-refractivity contribution in [1.29, 1.82) is 0 Å². The first-order valence-corrected chi connectivity index (χ1v) is 3.98. The molecule has 1 aliphatic rings. The van der Waals surface area contributed by atoms with E-state index >= 15 is 0 Å². The normalized spacial score (nSPS) is 22.2. The van der Waals surface area contributed by atoms with Crippen LogP contribution in [0.5, 0.6) is 0 Å². The Labute approximate surface area is 75.8 Å². The molecule has 72 valence electrons. The van der Waals surface area contributed by atoms with Gasteiger partial charge in [0.2, 0.25) is 0 Å². The molecular weight excluding hydrogens is 172 g/mol. The van der Waals surface area contributed by atoms with Crippen LogP contribution < -0.4 is 0 Å². The molecule has 0 aromatic rings. The Kier molecular flexibility index (Phi) is 2.54. The van der Waals surface area contributed by atoms with Crippen molar-refractivity contribution in [2.75, 3.05) is 0 Å². The maximum Gasteiger partial charge on any atom is 0.310 e. The van der Waals surface area contributed by atoms with Crippen molar-refractivity contribution in [2.45, 2.75) is 19.1 Å². The van der Waals surface area contributed by atoms with Gasteiger partial charge in [-0.25, -0.2) is 0 Å². The highest BCUT2D eigenvalue weighted by Crippen LogP contribution is 2.25. The Balaban J connectivity index is 2.79. The molecule has 0 fully saturated rings. The second kappa shape index (κ2) is 3.32. The Morgan fingerprint density at radius 3 is 2.69 bits per heavy atom. The van der Waals surface area contributed by atoms with E-state index < -0.39 is 17.7 Å². The van der Waals surface area contributed by atoms with Crippen molar-refractivity contribution in [2.24, 2.45) is 5.92 Å². The maximum atomic E-state index is 10.6. The van der Waals surface area contributed by atoms with Crippen LogP contribution in [0.1, 0.15) is 13.3 Å². The summed E-state index contributed by atoms with van der Waals surface area (Å²) in [5.41, 5.74) is 0.514. The van der Waals surface area contributed by atoms with E-state index in [2.05, 4.69) is 0 Å². The van der Waals surface area contributed by atoms with Crippen molar-refractivity contribution in [3.05, 3.63) is 23.8 Å². The van der Waals surface area contributed by atoms with Gasteiger partial charge in [-0.3, -0.25) is 4.79 Å². The van der Waals surface area contributed by atoms with Crippen LogP contribution in [0, 0.1) is 5.92 Å². The van der Waals surface area contributed by atoms with Crippen LogP contribution in [-0.2, 0) is 4.79 Å². The van der Waals surface area contributed by atoms with E-state index in [4.69, 9.17) is 5.11 Å². The number of allylic oxidation sites excluding steroid dienone is 2. The van der Waals surface area contributed by atoms with Crippen molar-refractivity contribution in [3.8, 4) is 0 Å². The number of carboxylic acids is 1.